The third kappa shape index (κ3) is 5.43. The van der Waals surface area contributed by atoms with Crippen molar-refractivity contribution >= 4 is 5.91 Å². The van der Waals surface area contributed by atoms with Crippen molar-refractivity contribution in [1.82, 2.24) is 10.2 Å². The van der Waals surface area contributed by atoms with Gasteiger partial charge in [0.05, 0.1) is 0 Å². The van der Waals surface area contributed by atoms with E-state index in [4.69, 9.17) is 5.11 Å². The lowest BCUT2D eigenvalue weighted by Crippen LogP contribution is -2.39. The summed E-state index contributed by atoms with van der Waals surface area (Å²) in [5.41, 5.74) is 2.31. The zero-order chi connectivity index (χ0) is 15.1. The Morgan fingerprint density at radius 1 is 1.40 bits per heavy atom. The monoisotopic (exact) mass is 274 g/mol. The molecule has 0 aliphatic carbocycles. The van der Waals surface area contributed by atoms with Gasteiger partial charge in [-0.25, -0.2) is 0 Å². The van der Waals surface area contributed by atoms with Crippen LogP contribution in [0.4, 0.5) is 0 Å². The predicted octanol–water partition coefficient (Wildman–Crippen LogP) is 1.02. The van der Waals surface area contributed by atoms with Crippen molar-refractivity contribution in [3.8, 4) is 11.8 Å². The molecule has 0 aromatic heterocycles. The molecular weight excluding hydrogens is 252 g/mol. The largest absolute Gasteiger partial charge is 0.384 e. The average Bonchev–Trinajstić information content (AvgIpc) is 2.34. The second-order valence-corrected chi connectivity index (χ2v) is 5.18. The van der Waals surface area contributed by atoms with Crippen molar-refractivity contribution in [2.45, 2.75) is 19.9 Å². The number of rotatable bonds is 4. The summed E-state index contributed by atoms with van der Waals surface area (Å²) >= 11 is 0. The fourth-order valence-corrected chi connectivity index (χ4v) is 2.03. The van der Waals surface area contributed by atoms with E-state index in [0.29, 0.717) is 5.56 Å². The summed E-state index contributed by atoms with van der Waals surface area (Å²) < 4.78 is 0. The first-order valence-electron chi connectivity index (χ1n) is 6.59. The summed E-state index contributed by atoms with van der Waals surface area (Å²) in [4.78, 5) is 14.2. The smallest absolute Gasteiger partial charge is 0.251 e. The molecule has 2 N–H and O–H groups in total. The van der Waals surface area contributed by atoms with Crippen molar-refractivity contribution in [3.63, 3.8) is 0 Å². The Morgan fingerprint density at radius 3 is 2.70 bits per heavy atom. The van der Waals surface area contributed by atoms with E-state index in [0.717, 1.165) is 17.7 Å². The summed E-state index contributed by atoms with van der Waals surface area (Å²) in [6.45, 7) is 4.49. The van der Waals surface area contributed by atoms with Crippen LogP contribution in [0.25, 0.3) is 0 Å². The van der Waals surface area contributed by atoms with E-state index in [1.807, 2.05) is 45.0 Å². The second-order valence-electron chi connectivity index (χ2n) is 5.18. The Kier molecular flexibility index (Phi) is 6.23. The lowest BCUT2D eigenvalue weighted by atomic mass is 10.1. The highest BCUT2D eigenvalue weighted by Gasteiger charge is 2.11. The maximum Gasteiger partial charge on any atom is 0.251 e. The van der Waals surface area contributed by atoms with Crippen LogP contribution >= 0.6 is 0 Å². The number of hydrogen-bond donors (Lipinski definition) is 2. The molecule has 0 bridgehead atoms. The summed E-state index contributed by atoms with van der Waals surface area (Å²) in [6, 6.07) is 5.54. The molecule has 1 amide bonds. The van der Waals surface area contributed by atoms with Gasteiger partial charge in [-0.15, -0.1) is 0 Å². The Hall–Kier alpha value is -1.83. The van der Waals surface area contributed by atoms with Crippen molar-refractivity contribution in [3.05, 3.63) is 34.9 Å². The number of carbonyl (C=O) groups is 1. The molecule has 0 aliphatic rings. The normalized spacial score (nSPS) is 11.7. The van der Waals surface area contributed by atoms with Gasteiger partial charge in [0, 0.05) is 23.7 Å². The van der Waals surface area contributed by atoms with Gasteiger partial charge in [0.25, 0.3) is 5.91 Å². The molecule has 0 spiro atoms. The number of carbonyl (C=O) groups excluding carboxylic acids is 1. The van der Waals surface area contributed by atoms with Crippen LogP contribution in [-0.4, -0.2) is 49.2 Å². The molecular formula is C16H22N2O2. The first-order chi connectivity index (χ1) is 9.42. The molecule has 1 aromatic rings. The molecule has 1 rings (SSSR count). The number of nitrogens with zero attached hydrogens (tertiary/aromatic N) is 1. The Bertz CT molecular complexity index is 527. The summed E-state index contributed by atoms with van der Waals surface area (Å²) in [6.07, 6.45) is 0. The highest BCUT2D eigenvalue weighted by atomic mass is 16.2. The van der Waals surface area contributed by atoms with Crippen LogP contribution in [0.2, 0.25) is 0 Å². The molecule has 1 unspecified atom stereocenters. The molecule has 0 saturated heterocycles. The maximum atomic E-state index is 12.2. The number of likely N-dealkylation sites (N-methyl/N-ethyl adjacent to an activating group) is 1. The van der Waals surface area contributed by atoms with Crippen LogP contribution in [0, 0.1) is 18.8 Å². The minimum absolute atomic E-state index is 0.0741. The molecule has 1 aromatic carbocycles. The number of aliphatic hydroxyl groups is 1. The molecule has 0 aliphatic heterocycles. The van der Waals surface area contributed by atoms with Gasteiger partial charge in [-0.1, -0.05) is 11.8 Å². The number of hydrogen-bond acceptors (Lipinski definition) is 3. The third-order valence-electron chi connectivity index (χ3n) is 2.67. The fourth-order valence-electron chi connectivity index (χ4n) is 2.03. The van der Waals surface area contributed by atoms with Gasteiger partial charge in [0.1, 0.15) is 6.61 Å². The molecule has 4 nitrogen and oxygen atoms in total. The van der Waals surface area contributed by atoms with Gasteiger partial charge in [-0.05, 0) is 51.7 Å². The lowest BCUT2D eigenvalue weighted by Gasteiger charge is -2.18. The molecule has 1 atom stereocenters. The zero-order valence-electron chi connectivity index (χ0n) is 12.5. The Balaban J connectivity index is 2.84. The van der Waals surface area contributed by atoms with Crippen LogP contribution in [0.15, 0.2) is 18.2 Å². The van der Waals surface area contributed by atoms with Crippen molar-refractivity contribution in [2.24, 2.45) is 0 Å². The molecule has 0 fully saturated rings. The van der Waals surface area contributed by atoms with Crippen molar-refractivity contribution < 1.29 is 9.90 Å². The third-order valence-corrected chi connectivity index (χ3v) is 2.67. The standard InChI is InChI=1S/C16H22N2O2/c1-12-8-14(6-5-7-19)10-15(9-12)16(20)17-13(2)11-18(3)4/h8-10,13,19H,7,11H2,1-4H3,(H,17,20). The van der Waals surface area contributed by atoms with Gasteiger partial charge in [-0.3, -0.25) is 4.79 Å². The van der Waals surface area contributed by atoms with E-state index < -0.39 is 0 Å². The second kappa shape index (κ2) is 7.68. The molecule has 0 saturated carbocycles. The molecule has 108 valence electrons. The molecule has 20 heavy (non-hydrogen) atoms. The van der Waals surface area contributed by atoms with Crippen LogP contribution in [0.3, 0.4) is 0 Å². The van der Waals surface area contributed by atoms with E-state index in [1.165, 1.54) is 0 Å². The highest BCUT2D eigenvalue weighted by molar-refractivity contribution is 5.95. The Morgan fingerprint density at radius 2 is 2.10 bits per heavy atom. The van der Waals surface area contributed by atoms with Crippen LogP contribution in [0.5, 0.6) is 0 Å². The minimum Gasteiger partial charge on any atom is -0.384 e. The first kappa shape index (κ1) is 16.2. The van der Waals surface area contributed by atoms with E-state index in [1.54, 1.807) is 6.07 Å². The number of aryl methyl sites for hydroxylation is 1. The summed E-state index contributed by atoms with van der Waals surface area (Å²) in [5.74, 6) is 5.32. The van der Waals surface area contributed by atoms with Gasteiger partial charge >= 0.3 is 0 Å². The SMILES string of the molecule is Cc1cc(C#CCO)cc(C(=O)NC(C)CN(C)C)c1. The summed E-state index contributed by atoms with van der Waals surface area (Å²) in [5, 5.41) is 11.7. The quantitative estimate of drug-likeness (QED) is 0.806. The zero-order valence-corrected chi connectivity index (χ0v) is 12.5. The molecule has 0 radical (unpaired) electrons. The van der Waals surface area contributed by atoms with Crippen LogP contribution in [-0.2, 0) is 0 Å². The van der Waals surface area contributed by atoms with Gasteiger partial charge in [-0.2, -0.15) is 0 Å². The number of nitrogens with one attached hydrogen (secondary N) is 1. The van der Waals surface area contributed by atoms with Crippen molar-refractivity contribution in [1.29, 1.82) is 0 Å². The van der Waals surface area contributed by atoms with Gasteiger partial charge < -0.3 is 15.3 Å². The van der Waals surface area contributed by atoms with Crippen LogP contribution in [0.1, 0.15) is 28.4 Å². The minimum atomic E-state index is -0.185. The fraction of sp³-hybridized carbons (Fsp3) is 0.438. The van der Waals surface area contributed by atoms with E-state index in [2.05, 4.69) is 17.2 Å². The van der Waals surface area contributed by atoms with Gasteiger partial charge in [0.15, 0.2) is 0 Å². The molecule has 0 heterocycles. The topological polar surface area (TPSA) is 52.6 Å². The van der Waals surface area contributed by atoms with Crippen LogP contribution < -0.4 is 5.32 Å². The molecule has 4 heteroatoms. The predicted molar refractivity (Wildman–Crippen MR) is 80.6 cm³/mol. The average molecular weight is 274 g/mol. The van der Waals surface area contributed by atoms with Gasteiger partial charge in [0.2, 0.25) is 0 Å². The maximum absolute atomic E-state index is 12.2. The lowest BCUT2D eigenvalue weighted by molar-refractivity contribution is 0.0934. The number of benzene rings is 1. The van der Waals surface area contributed by atoms with E-state index in [-0.39, 0.29) is 18.6 Å². The summed E-state index contributed by atoms with van der Waals surface area (Å²) in [7, 11) is 3.94. The van der Waals surface area contributed by atoms with E-state index in [9.17, 15) is 4.79 Å². The first-order valence-corrected chi connectivity index (χ1v) is 6.59. The highest BCUT2D eigenvalue weighted by Crippen LogP contribution is 2.09. The number of aliphatic hydroxyl groups excluding tert-OH is 1. The van der Waals surface area contributed by atoms with Crippen molar-refractivity contribution in [2.75, 3.05) is 27.2 Å². The van der Waals surface area contributed by atoms with E-state index >= 15 is 0 Å². The number of amides is 1. The Labute approximate surface area is 120 Å².